The first-order valence-electron chi connectivity index (χ1n) is 4.42. The summed E-state index contributed by atoms with van der Waals surface area (Å²) >= 11 is 17.4. The van der Waals surface area contributed by atoms with Crippen LogP contribution >= 0.6 is 34.8 Å². The molecule has 0 bridgehead atoms. The molecule has 0 fully saturated rings. The summed E-state index contributed by atoms with van der Waals surface area (Å²) in [4.78, 5) is 10.6. The van der Waals surface area contributed by atoms with Gasteiger partial charge in [0.15, 0.2) is 0 Å². The SMILES string of the molecule is CC(COc1cc(Cl)c(Cl)cc1Cl)C(=O)O. The van der Waals surface area contributed by atoms with Crippen molar-refractivity contribution < 1.29 is 14.6 Å². The standard InChI is InChI=1S/C10H9Cl3O3/c1-5(10(14)15)4-16-9-3-7(12)6(11)2-8(9)13/h2-3,5H,4H2,1H3,(H,14,15). The van der Waals surface area contributed by atoms with Crippen LogP contribution in [0.3, 0.4) is 0 Å². The Hall–Kier alpha value is -0.640. The van der Waals surface area contributed by atoms with Crippen molar-refractivity contribution in [3.05, 3.63) is 27.2 Å². The molecular formula is C10H9Cl3O3. The monoisotopic (exact) mass is 282 g/mol. The van der Waals surface area contributed by atoms with Crippen LogP contribution in [0.1, 0.15) is 6.92 Å². The number of carbonyl (C=O) groups is 1. The van der Waals surface area contributed by atoms with Gasteiger partial charge in [0.2, 0.25) is 0 Å². The Balaban J connectivity index is 2.74. The number of carboxylic acid groups (broad SMARTS) is 1. The molecule has 88 valence electrons. The second kappa shape index (κ2) is 5.62. The minimum atomic E-state index is -0.934. The highest BCUT2D eigenvalue weighted by atomic mass is 35.5. The molecule has 1 aromatic rings. The lowest BCUT2D eigenvalue weighted by Crippen LogP contribution is -2.18. The van der Waals surface area contributed by atoms with E-state index in [1.165, 1.54) is 19.1 Å². The van der Waals surface area contributed by atoms with Crippen LogP contribution in [0.4, 0.5) is 0 Å². The zero-order valence-electron chi connectivity index (χ0n) is 8.34. The van der Waals surface area contributed by atoms with E-state index >= 15 is 0 Å². The quantitative estimate of drug-likeness (QED) is 0.856. The van der Waals surface area contributed by atoms with E-state index in [1.807, 2.05) is 0 Å². The lowest BCUT2D eigenvalue weighted by atomic mass is 10.2. The fourth-order valence-corrected chi connectivity index (χ4v) is 1.49. The third-order valence-corrected chi connectivity index (χ3v) is 2.90. The van der Waals surface area contributed by atoms with Crippen molar-refractivity contribution in [3.8, 4) is 5.75 Å². The van der Waals surface area contributed by atoms with Gasteiger partial charge in [0.1, 0.15) is 12.4 Å². The van der Waals surface area contributed by atoms with E-state index in [1.54, 1.807) is 0 Å². The van der Waals surface area contributed by atoms with Crippen LogP contribution < -0.4 is 4.74 Å². The number of aliphatic carboxylic acids is 1. The molecule has 0 aliphatic rings. The number of halogens is 3. The number of benzene rings is 1. The topological polar surface area (TPSA) is 46.5 Å². The molecule has 0 spiro atoms. The van der Waals surface area contributed by atoms with Crippen molar-refractivity contribution in [2.24, 2.45) is 5.92 Å². The molecule has 0 aromatic heterocycles. The molecule has 0 saturated carbocycles. The lowest BCUT2D eigenvalue weighted by molar-refractivity contribution is -0.142. The van der Waals surface area contributed by atoms with E-state index in [0.29, 0.717) is 20.8 Å². The van der Waals surface area contributed by atoms with Gasteiger partial charge in [0.05, 0.1) is 21.0 Å². The molecule has 0 radical (unpaired) electrons. The molecule has 1 aromatic carbocycles. The minimum absolute atomic E-state index is 0.0208. The Morgan fingerprint density at radius 3 is 2.44 bits per heavy atom. The maximum atomic E-state index is 10.6. The summed E-state index contributed by atoms with van der Waals surface area (Å²) in [5, 5.41) is 9.60. The van der Waals surface area contributed by atoms with Gasteiger partial charge in [-0.05, 0) is 13.0 Å². The smallest absolute Gasteiger partial charge is 0.309 e. The average Bonchev–Trinajstić information content (AvgIpc) is 2.20. The molecule has 0 aliphatic carbocycles. The highest BCUT2D eigenvalue weighted by molar-refractivity contribution is 6.43. The van der Waals surface area contributed by atoms with Gasteiger partial charge in [-0.3, -0.25) is 4.79 Å². The third-order valence-electron chi connectivity index (χ3n) is 1.89. The Bertz CT molecular complexity index is 407. The highest BCUT2D eigenvalue weighted by Crippen LogP contribution is 2.33. The summed E-state index contributed by atoms with van der Waals surface area (Å²) in [7, 11) is 0. The van der Waals surface area contributed by atoms with Crippen LogP contribution in [-0.4, -0.2) is 17.7 Å². The van der Waals surface area contributed by atoms with Crippen molar-refractivity contribution in [3.63, 3.8) is 0 Å². The van der Waals surface area contributed by atoms with Crippen molar-refractivity contribution >= 4 is 40.8 Å². The molecule has 0 aliphatic heterocycles. The van der Waals surface area contributed by atoms with Crippen LogP contribution in [0.5, 0.6) is 5.75 Å². The Labute approximate surface area is 108 Å². The van der Waals surface area contributed by atoms with Crippen LogP contribution in [0.15, 0.2) is 12.1 Å². The molecule has 16 heavy (non-hydrogen) atoms. The third kappa shape index (κ3) is 3.44. The summed E-state index contributed by atoms with van der Waals surface area (Å²) in [6, 6.07) is 2.91. The number of rotatable bonds is 4. The molecule has 1 unspecified atom stereocenters. The molecular weight excluding hydrogens is 274 g/mol. The van der Waals surface area contributed by atoms with Crippen molar-refractivity contribution in [1.82, 2.24) is 0 Å². The fourth-order valence-electron chi connectivity index (χ4n) is 0.901. The number of carboxylic acids is 1. The van der Waals surface area contributed by atoms with E-state index in [4.69, 9.17) is 44.6 Å². The van der Waals surface area contributed by atoms with Gasteiger partial charge < -0.3 is 9.84 Å². The zero-order chi connectivity index (χ0) is 12.3. The van der Waals surface area contributed by atoms with E-state index in [2.05, 4.69) is 0 Å². The predicted octanol–water partition coefficient (Wildman–Crippen LogP) is 3.75. The summed E-state index contributed by atoms with van der Waals surface area (Å²) in [6.07, 6.45) is 0. The van der Waals surface area contributed by atoms with Crippen molar-refractivity contribution in [2.45, 2.75) is 6.92 Å². The second-order valence-electron chi connectivity index (χ2n) is 3.25. The first kappa shape index (κ1) is 13.4. The molecule has 1 atom stereocenters. The number of hydrogen-bond donors (Lipinski definition) is 1. The minimum Gasteiger partial charge on any atom is -0.491 e. The molecule has 0 heterocycles. The Morgan fingerprint density at radius 1 is 1.31 bits per heavy atom. The molecule has 1 N–H and O–H groups in total. The maximum Gasteiger partial charge on any atom is 0.309 e. The van der Waals surface area contributed by atoms with E-state index < -0.39 is 11.9 Å². The van der Waals surface area contributed by atoms with Gasteiger partial charge >= 0.3 is 5.97 Å². The van der Waals surface area contributed by atoms with Gasteiger partial charge in [0, 0.05) is 6.07 Å². The summed E-state index contributed by atoms with van der Waals surface area (Å²) in [5.74, 6) is -1.23. The zero-order valence-corrected chi connectivity index (χ0v) is 10.6. The van der Waals surface area contributed by atoms with E-state index in [-0.39, 0.29) is 6.61 Å². The molecule has 3 nitrogen and oxygen atoms in total. The Kier molecular flexibility index (Phi) is 4.71. The van der Waals surface area contributed by atoms with Crippen LogP contribution in [0.25, 0.3) is 0 Å². The van der Waals surface area contributed by atoms with Gasteiger partial charge in [-0.25, -0.2) is 0 Å². The van der Waals surface area contributed by atoms with Gasteiger partial charge in [-0.1, -0.05) is 34.8 Å². The largest absolute Gasteiger partial charge is 0.491 e. The van der Waals surface area contributed by atoms with Crippen LogP contribution in [0.2, 0.25) is 15.1 Å². The molecule has 1 rings (SSSR count). The van der Waals surface area contributed by atoms with Gasteiger partial charge in [0.25, 0.3) is 0 Å². The molecule has 0 amide bonds. The fraction of sp³-hybridized carbons (Fsp3) is 0.300. The van der Waals surface area contributed by atoms with Crippen molar-refractivity contribution in [1.29, 1.82) is 0 Å². The maximum absolute atomic E-state index is 10.6. The summed E-state index contributed by atoms with van der Waals surface area (Å²) in [5.41, 5.74) is 0. The van der Waals surface area contributed by atoms with Crippen LogP contribution in [0, 0.1) is 5.92 Å². The van der Waals surface area contributed by atoms with E-state index in [9.17, 15) is 4.79 Å². The van der Waals surface area contributed by atoms with Gasteiger partial charge in [-0.2, -0.15) is 0 Å². The van der Waals surface area contributed by atoms with Crippen molar-refractivity contribution in [2.75, 3.05) is 6.61 Å². The second-order valence-corrected chi connectivity index (χ2v) is 4.47. The highest BCUT2D eigenvalue weighted by Gasteiger charge is 2.13. The molecule has 6 heteroatoms. The predicted molar refractivity (Wildman–Crippen MR) is 63.8 cm³/mol. The average molecular weight is 284 g/mol. The van der Waals surface area contributed by atoms with Crippen LogP contribution in [-0.2, 0) is 4.79 Å². The first-order chi connectivity index (χ1) is 7.41. The normalized spacial score (nSPS) is 12.2. The number of hydrogen-bond acceptors (Lipinski definition) is 2. The van der Waals surface area contributed by atoms with Gasteiger partial charge in [-0.15, -0.1) is 0 Å². The Morgan fingerprint density at radius 2 is 1.88 bits per heavy atom. The molecule has 0 saturated heterocycles. The summed E-state index contributed by atoms with van der Waals surface area (Å²) < 4.78 is 5.24. The first-order valence-corrected chi connectivity index (χ1v) is 5.55. The summed E-state index contributed by atoms with van der Waals surface area (Å²) in [6.45, 7) is 1.56. The lowest BCUT2D eigenvalue weighted by Gasteiger charge is -2.11. The number of ether oxygens (including phenoxy) is 1. The van der Waals surface area contributed by atoms with E-state index in [0.717, 1.165) is 0 Å².